The lowest BCUT2D eigenvalue weighted by atomic mass is 9.86. The molecule has 1 aromatic carbocycles. The quantitative estimate of drug-likeness (QED) is 0.910. The molecule has 1 aliphatic rings. The molecule has 5 heteroatoms. The van der Waals surface area contributed by atoms with Gasteiger partial charge in [0.1, 0.15) is 0 Å². The second-order valence-corrected chi connectivity index (χ2v) is 7.97. The molecule has 0 aliphatic carbocycles. The first-order chi connectivity index (χ1) is 11.9. The summed E-state index contributed by atoms with van der Waals surface area (Å²) in [4.78, 5) is 19.0. The SMILES string of the molecule is CC(C)(C)[C@@H](Cn1ccnc1)NC(=O)CN1CCc2ccccc2C1. The van der Waals surface area contributed by atoms with Crippen LogP contribution in [0.5, 0.6) is 0 Å². The Morgan fingerprint density at radius 1 is 1.28 bits per heavy atom. The van der Waals surface area contributed by atoms with Crippen molar-refractivity contribution in [1.29, 1.82) is 0 Å². The van der Waals surface area contributed by atoms with Crippen molar-refractivity contribution in [1.82, 2.24) is 19.8 Å². The standard InChI is InChI=1S/C20H28N4O/c1-20(2,3)18(13-24-11-9-21-15-24)22-19(25)14-23-10-8-16-6-4-5-7-17(16)12-23/h4-7,9,11,15,18H,8,10,12-14H2,1-3H3,(H,22,25)/t18-/m1/s1. The lowest BCUT2D eigenvalue weighted by Gasteiger charge is -2.33. The first kappa shape index (κ1) is 17.7. The van der Waals surface area contributed by atoms with Gasteiger partial charge in [-0.05, 0) is 23.0 Å². The summed E-state index contributed by atoms with van der Waals surface area (Å²) >= 11 is 0. The van der Waals surface area contributed by atoms with Crippen LogP contribution >= 0.6 is 0 Å². The Kier molecular flexibility index (Phi) is 5.23. The van der Waals surface area contributed by atoms with Gasteiger partial charge in [-0.25, -0.2) is 4.98 Å². The topological polar surface area (TPSA) is 50.2 Å². The molecule has 0 bridgehead atoms. The van der Waals surface area contributed by atoms with E-state index >= 15 is 0 Å². The summed E-state index contributed by atoms with van der Waals surface area (Å²) in [6.07, 6.45) is 6.52. The maximum absolute atomic E-state index is 12.6. The Balaban J connectivity index is 1.58. The second-order valence-electron chi connectivity index (χ2n) is 7.97. The van der Waals surface area contributed by atoms with Gasteiger partial charge in [0, 0.05) is 32.0 Å². The van der Waals surface area contributed by atoms with Crippen LogP contribution in [0.25, 0.3) is 0 Å². The predicted molar refractivity (Wildman–Crippen MR) is 99.0 cm³/mol. The van der Waals surface area contributed by atoms with Gasteiger partial charge in [-0.1, -0.05) is 45.0 Å². The number of hydrogen-bond donors (Lipinski definition) is 1. The highest BCUT2D eigenvalue weighted by Crippen LogP contribution is 2.21. The molecule has 1 atom stereocenters. The van der Waals surface area contributed by atoms with E-state index in [1.807, 2.05) is 10.8 Å². The van der Waals surface area contributed by atoms with E-state index in [9.17, 15) is 4.79 Å². The third kappa shape index (κ3) is 4.69. The third-order valence-electron chi connectivity index (χ3n) is 4.91. The number of nitrogens with one attached hydrogen (secondary N) is 1. The lowest BCUT2D eigenvalue weighted by Crippen LogP contribution is -2.49. The molecule has 1 N–H and O–H groups in total. The molecule has 0 fully saturated rings. The minimum atomic E-state index is -0.0194. The van der Waals surface area contributed by atoms with E-state index in [0.29, 0.717) is 6.54 Å². The Bertz CT molecular complexity index is 703. The van der Waals surface area contributed by atoms with Gasteiger partial charge in [-0.15, -0.1) is 0 Å². The normalized spacial score (nSPS) is 16.3. The number of hydrogen-bond acceptors (Lipinski definition) is 3. The van der Waals surface area contributed by atoms with E-state index in [4.69, 9.17) is 0 Å². The van der Waals surface area contributed by atoms with Crippen molar-refractivity contribution in [2.24, 2.45) is 5.41 Å². The Morgan fingerprint density at radius 3 is 2.72 bits per heavy atom. The largest absolute Gasteiger partial charge is 0.350 e. The molecule has 1 aliphatic heterocycles. The summed E-state index contributed by atoms with van der Waals surface area (Å²) in [5.41, 5.74) is 2.73. The van der Waals surface area contributed by atoms with E-state index in [0.717, 1.165) is 26.1 Å². The van der Waals surface area contributed by atoms with Crippen LogP contribution in [0.1, 0.15) is 31.9 Å². The summed E-state index contributed by atoms with van der Waals surface area (Å²) in [6, 6.07) is 8.57. The van der Waals surface area contributed by atoms with Crippen LogP contribution in [0.3, 0.4) is 0 Å². The Labute approximate surface area is 150 Å². The first-order valence-corrected chi connectivity index (χ1v) is 8.96. The predicted octanol–water partition coefficient (Wildman–Crippen LogP) is 2.47. The van der Waals surface area contributed by atoms with Gasteiger partial charge in [0.2, 0.25) is 5.91 Å². The number of rotatable bonds is 5. The molecule has 5 nitrogen and oxygen atoms in total. The highest BCUT2D eigenvalue weighted by Gasteiger charge is 2.27. The van der Waals surface area contributed by atoms with E-state index in [1.165, 1.54) is 11.1 Å². The maximum atomic E-state index is 12.6. The summed E-state index contributed by atoms with van der Waals surface area (Å²) in [5.74, 6) is 0.0967. The number of nitrogens with zero attached hydrogens (tertiary/aromatic N) is 3. The van der Waals surface area contributed by atoms with Gasteiger partial charge >= 0.3 is 0 Å². The lowest BCUT2D eigenvalue weighted by molar-refractivity contribution is -0.124. The fraction of sp³-hybridized carbons (Fsp3) is 0.500. The maximum Gasteiger partial charge on any atom is 0.234 e. The van der Waals surface area contributed by atoms with E-state index < -0.39 is 0 Å². The highest BCUT2D eigenvalue weighted by molar-refractivity contribution is 5.78. The Morgan fingerprint density at radius 2 is 2.04 bits per heavy atom. The molecule has 0 radical (unpaired) electrons. The molecule has 134 valence electrons. The number of fused-ring (bicyclic) bond motifs is 1. The molecular formula is C20H28N4O. The van der Waals surface area contributed by atoms with Crippen LogP contribution in [0.4, 0.5) is 0 Å². The Hall–Kier alpha value is -2.14. The van der Waals surface area contributed by atoms with Crippen molar-refractivity contribution < 1.29 is 4.79 Å². The van der Waals surface area contributed by atoms with Crippen molar-refractivity contribution in [3.8, 4) is 0 Å². The minimum absolute atomic E-state index is 0.0194. The third-order valence-corrected chi connectivity index (χ3v) is 4.91. The zero-order valence-corrected chi connectivity index (χ0v) is 15.4. The number of carbonyl (C=O) groups excluding carboxylic acids is 1. The number of imidazole rings is 1. The molecule has 2 heterocycles. The van der Waals surface area contributed by atoms with Crippen LogP contribution < -0.4 is 5.32 Å². The minimum Gasteiger partial charge on any atom is -0.350 e. The second kappa shape index (κ2) is 7.40. The molecule has 0 unspecified atom stereocenters. The molecule has 1 aromatic heterocycles. The number of aromatic nitrogens is 2. The van der Waals surface area contributed by atoms with Gasteiger partial charge in [-0.3, -0.25) is 9.69 Å². The van der Waals surface area contributed by atoms with Crippen LogP contribution in [0.2, 0.25) is 0 Å². The number of carbonyl (C=O) groups is 1. The zero-order valence-electron chi connectivity index (χ0n) is 15.4. The molecule has 1 amide bonds. The van der Waals surface area contributed by atoms with Crippen LogP contribution in [-0.4, -0.2) is 39.5 Å². The average molecular weight is 340 g/mol. The van der Waals surface area contributed by atoms with Gasteiger partial charge in [-0.2, -0.15) is 0 Å². The number of benzene rings is 1. The summed E-state index contributed by atoms with van der Waals surface area (Å²) in [6.45, 7) is 9.45. The van der Waals surface area contributed by atoms with Crippen molar-refractivity contribution in [2.45, 2.75) is 46.3 Å². The molecule has 0 saturated heterocycles. The van der Waals surface area contributed by atoms with E-state index in [2.05, 4.69) is 60.2 Å². The molecule has 3 rings (SSSR count). The van der Waals surface area contributed by atoms with Gasteiger partial charge in [0.15, 0.2) is 0 Å². The van der Waals surface area contributed by atoms with Crippen molar-refractivity contribution in [3.63, 3.8) is 0 Å². The summed E-state index contributed by atoms with van der Waals surface area (Å²) in [5, 5.41) is 3.24. The smallest absolute Gasteiger partial charge is 0.234 e. The van der Waals surface area contributed by atoms with Gasteiger partial charge in [0.25, 0.3) is 0 Å². The zero-order chi connectivity index (χ0) is 17.9. The number of amides is 1. The average Bonchev–Trinajstić information content (AvgIpc) is 3.06. The highest BCUT2D eigenvalue weighted by atomic mass is 16.2. The fourth-order valence-corrected chi connectivity index (χ4v) is 3.27. The van der Waals surface area contributed by atoms with E-state index in [1.54, 1.807) is 12.5 Å². The first-order valence-electron chi connectivity index (χ1n) is 8.96. The van der Waals surface area contributed by atoms with Crippen molar-refractivity contribution in [2.75, 3.05) is 13.1 Å². The molecule has 25 heavy (non-hydrogen) atoms. The molecule has 0 saturated carbocycles. The molecule has 0 spiro atoms. The van der Waals surface area contributed by atoms with Gasteiger partial charge < -0.3 is 9.88 Å². The van der Waals surface area contributed by atoms with Gasteiger partial charge in [0.05, 0.1) is 18.9 Å². The summed E-state index contributed by atoms with van der Waals surface area (Å²) in [7, 11) is 0. The summed E-state index contributed by atoms with van der Waals surface area (Å²) < 4.78 is 2.02. The van der Waals surface area contributed by atoms with Crippen LogP contribution in [0, 0.1) is 5.41 Å². The monoisotopic (exact) mass is 340 g/mol. The van der Waals surface area contributed by atoms with Crippen molar-refractivity contribution >= 4 is 5.91 Å². The van der Waals surface area contributed by atoms with E-state index in [-0.39, 0.29) is 17.4 Å². The van der Waals surface area contributed by atoms with Crippen LogP contribution in [-0.2, 0) is 24.3 Å². The van der Waals surface area contributed by atoms with Crippen molar-refractivity contribution in [3.05, 3.63) is 54.1 Å². The molecular weight excluding hydrogens is 312 g/mol. The van der Waals surface area contributed by atoms with Crippen LogP contribution in [0.15, 0.2) is 43.0 Å². The molecule has 2 aromatic rings. The fourth-order valence-electron chi connectivity index (χ4n) is 3.27.